The van der Waals surface area contributed by atoms with Crippen LogP contribution in [-0.4, -0.2) is 26.4 Å². The van der Waals surface area contributed by atoms with Crippen LogP contribution in [0.25, 0.3) is 10.8 Å². The van der Waals surface area contributed by atoms with Gasteiger partial charge < -0.3 is 9.30 Å². The molecule has 2 heterocycles. The lowest BCUT2D eigenvalue weighted by Crippen LogP contribution is -2.11. The van der Waals surface area contributed by atoms with E-state index in [2.05, 4.69) is 15.2 Å². The number of nitrogens with zero attached hydrogens (tertiary/aromatic N) is 3. The molecule has 3 rings (SSSR count). The van der Waals surface area contributed by atoms with Gasteiger partial charge in [-0.25, -0.2) is 10.1 Å². The number of imidazole rings is 1. The number of ether oxygens (including phenoxy) is 1. The molecule has 0 unspecified atom stereocenters. The van der Waals surface area contributed by atoms with E-state index >= 15 is 0 Å². The lowest BCUT2D eigenvalue weighted by Gasteiger charge is -2.07. The molecule has 3 aromatic rings. The zero-order valence-corrected chi connectivity index (χ0v) is 10.8. The first kappa shape index (κ1) is 12.4. The molecule has 102 valence electrons. The molecule has 0 amide bonds. The van der Waals surface area contributed by atoms with E-state index in [4.69, 9.17) is 4.74 Å². The van der Waals surface area contributed by atoms with Crippen LogP contribution in [0.5, 0.6) is 5.88 Å². The number of nitrogens with one attached hydrogen (secondary N) is 1. The van der Waals surface area contributed by atoms with Crippen molar-refractivity contribution >= 4 is 10.8 Å². The molecule has 0 bridgehead atoms. The highest BCUT2D eigenvalue weighted by Crippen LogP contribution is 2.18. The predicted octanol–water partition coefficient (Wildman–Crippen LogP) is 1.59. The number of aryl methyl sites for hydroxylation is 1. The molecular weight excluding hydrogens is 256 g/mol. The number of fused-ring (bicyclic) bond motifs is 1. The Hall–Kier alpha value is -2.63. The minimum absolute atomic E-state index is 0.202. The second kappa shape index (κ2) is 5.56. The Balaban J connectivity index is 1.69. The third kappa shape index (κ3) is 2.54. The maximum absolute atomic E-state index is 11.6. The summed E-state index contributed by atoms with van der Waals surface area (Å²) in [6.07, 6.45) is 6.27. The quantitative estimate of drug-likeness (QED) is 0.714. The topological polar surface area (TPSA) is 72.8 Å². The normalized spacial score (nSPS) is 10.8. The van der Waals surface area contributed by atoms with Gasteiger partial charge in [0.2, 0.25) is 5.88 Å². The van der Waals surface area contributed by atoms with E-state index in [-0.39, 0.29) is 5.56 Å². The fraction of sp³-hybridized carbons (Fsp3) is 0.214. The molecule has 0 spiro atoms. The molecule has 0 aliphatic rings. The molecule has 0 saturated heterocycles. The Kier molecular flexibility index (Phi) is 3.45. The van der Waals surface area contributed by atoms with Gasteiger partial charge in [-0.3, -0.25) is 4.79 Å². The number of hydrogen-bond donors (Lipinski definition) is 1. The smallest absolute Gasteiger partial charge is 0.272 e. The molecule has 0 atom stereocenters. The van der Waals surface area contributed by atoms with Crippen LogP contribution in [-0.2, 0) is 6.54 Å². The largest absolute Gasteiger partial charge is 0.476 e. The Labute approximate surface area is 115 Å². The Morgan fingerprint density at radius 3 is 2.90 bits per heavy atom. The Morgan fingerprint density at radius 2 is 2.10 bits per heavy atom. The number of H-pyrrole nitrogens is 1. The number of rotatable bonds is 5. The van der Waals surface area contributed by atoms with E-state index in [9.17, 15) is 4.79 Å². The molecule has 0 saturated carbocycles. The van der Waals surface area contributed by atoms with Crippen molar-refractivity contribution in [1.82, 2.24) is 19.7 Å². The molecule has 1 aromatic carbocycles. The zero-order valence-electron chi connectivity index (χ0n) is 10.8. The van der Waals surface area contributed by atoms with Gasteiger partial charge in [0.05, 0.1) is 23.7 Å². The molecule has 6 heteroatoms. The van der Waals surface area contributed by atoms with Gasteiger partial charge in [0.1, 0.15) is 0 Å². The Morgan fingerprint density at radius 1 is 1.25 bits per heavy atom. The number of aromatic amines is 1. The summed E-state index contributed by atoms with van der Waals surface area (Å²) in [6.45, 7) is 1.36. The second-order valence-corrected chi connectivity index (χ2v) is 4.41. The van der Waals surface area contributed by atoms with Crippen molar-refractivity contribution in [2.24, 2.45) is 0 Å². The van der Waals surface area contributed by atoms with Gasteiger partial charge in [0.25, 0.3) is 5.56 Å². The van der Waals surface area contributed by atoms with Crippen LogP contribution in [0.4, 0.5) is 0 Å². The molecular formula is C14H14N4O2. The average molecular weight is 270 g/mol. The van der Waals surface area contributed by atoms with Crippen LogP contribution in [0.3, 0.4) is 0 Å². The number of benzene rings is 1. The van der Waals surface area contributed by atoms with Gasteiger partial charge in [-0.2, -0.15) is 0 Å². The molecule has 2 aromatic heterocycles. The van der Waals surface area contributed by atoms with Crippen molar-refractivity contribution in [3.05, 3.63) is 53.3 Å². The minimum Gasteiger partial charge on any atom is -0.476 e. The summed E-state index contributed by atoms with van der Waals surface area (Å²) in [7, 11) is 0. The van der Waals surface area contributed by atoms with Crippen LogP contribution < -0.4 is 10.3 Å². The van der Waals surface area contributed by atoms with Crippen LogP contribution >= 0.6 is 0 Å². The van der Waals surface area contributed by atoms with Crippen molar-refractivity contribution in [3.63, 3.8) is 0 Å². The van der Waals surface area contributed by atoms with Gasteiger partial charge in [0, 0.05) is 18.9 Å². The second-order valence-electron chi connectivity index (χ2n) is 4.41. The summed E-state index contributed by atoms with van der Waals surface area (Å²) in [5.74, 6) is 0.464. The van der Waals surface area contributed by atoms with Gasteiger partial charge >= 0.3 is 0 Å². The highest BCUT2D eigenvalue weighted by molar-refractivity contribution is 5.85. The molecule has 0 aliphatic heterocycles. The van der Waals surface area contributed by atoms with E-state index < -0.39 is 0 Å². The van der Waals surface area contributed by atoms with Crippen molar-refractivity contribution in [2.75, 3.05) is 6.61 Å². The van der Waals surface area contributed by atoms with E-state index in [1.807, 2.05) is 29.0 Å². The van der Waals surface area contributed by atoms with Gasteiger partial charge in [-0.05, 0) is 18.6 Å². The highest BCUT2D eigenvalue weighted by atomic mass is 16.5. The summed E-state index contributed by atoms with van der Waals surface area (Å²) in [6, 6.07) is 7.28. The van der Waals surface area contributed by atoms with Crippen LogP contribution in [0.2, 0.25) is 0 Å². The third-order valence-electron chi connectivity index (χ3n) is 3.02. The molecule has 20 heavy (non-hydrogen) atoms. The third-order valence-corrected chi connectivity index (χ3v) is 3.02. The molecule has 0 fully saturated rings. The predicted molar refractivity (Wildman–Crippen MR) is 74.7 cm³/mol. The van der Waals surface area contributed by atoms with Crippen LogP contribution in [0.15, 0.2) is 47.8 Å². The first-order chi connectivity index (χ1) is 9.84. The maximum Gasteiger partial charge on any atom is 0.272 e. The lowest BCUT2D eigenvalue weighted by molar-refractivity contribution is 0.291. The van der Waals surface area contributed by atoms with Crippen molar-refractivity contribution in [1.29, 1.82) is 0 Å². The van der Waals surface area contributed by atoms with Crippen molar-refractivity contribution in [3.8, 4) is 5.88 Å². The fourth-order valence-corrected chi connectivity index (χ4v) is 2.03. The number of aromatic nitrogens is 4. The molecule has 1 N–H and O–H groups in total. The van der Waals surface area contributed by atoms with E-state index in [1.54, 1.807) is 18.6 Å². The van der Waals surface area contributed by atoms with Gasteiger partial charge in [-0.15, -0.1) is 5.10 Å². The Bertz CT molecular complexity index is 749. The van der Waals surface area contributed by atoms with E-state index in [1.165, 1.54) is 0 Å². The lowest BCUT2D eigenvalue weighted by atomic mass is 10.2. The SMILES string of the molecule is O=c1[nH]nc(OCCCn2ccnc2)c2ccccc12. The highest BCUT2D eigenvalue weighted by Gasteiger charge is 2.06. The first-order valence-corrected chi connectivity index (χ1v) is 6.40. The van der Waals surface area contributed by atoms with Gasteiger partial charge in [-0.1, -0.05) is 12.1 Å². The first-order valence-electron chi connectivity index (χ1n) is 6.40. The summed E-state index contributed by atoms with van der Waals surface area (Å²) in [4.78, 5) is 15.6. The molecule has 0 radical (unpaired) electrons. The van der Waals surface area contributed by atoms with Crippen molar-refractivity contribution in [2.45, 2.75) is 13.0 Å². The van der Waals surface area contributed by atoms with Crippen LogP contribution in [0, 0.1) is 0 Å². The van der Waals surface area contributed by atoms with Crippen molar-refractivity contribution < 1.29 is 4.74 Å². The van der Waals surface area contributed by atoms with Gasteiger partial charge in [0.15, 0.2) is 0 Å². The standard InChI is InChI=1S/C14H14N4O2/c19-13-11-4-1-2-5-12(11)14(17-16-13)20-9-3-7-18-8-6-15-10-18/h1-2,4-6,8,10H,3,7,9H2,(H,16,19). The summed E-state index contributed by atoms with van der Waals surface area (Å²) in [5.41, 5.74) is -0.202. The maximum atomic E-state index is 11.6. The summed E-state index contributed by atoms with van der Waals surface area (Å²) in [5, 5.41) is 7.74. The van der Waals surface area contributed by atoms with E-state index in [0.717, 1.165) is 18.4 Å². The van der Waals surface area contributed by atoms with Crippen LogP contribution in [0.1, 0.15) is 6.42 Å². The summed E-state index contributed by atoms with van der Waals surface area (Å²) < 4.78 is 7.65. The monoisotopic (exact) mass is 270 g/mol. The minimum atomic E-state index is -0.202. The summed E-state index contributed by atoms with van der Waals surface area (Å²) >= 11 is 0. The molecule has 6 nitrogen and oxygen atoms in total. The average Bonchev–Trinajstić information content (AvgIpc) is 2.99. The van der Waals surface area contributed by atoms with E-state index in [0.29, 0.717) is 17.9 Å². The number of hydrogen-bond acceptors (Lipinski definition) is 4. The fourth-order valence-electron chi connectivity index (χ4n) is 2.03. The molecule has 0 aliphatic carbocycles. The zero-order chi connectivity index (χ0) is 13.8.